The molecule has 2 aliphatic rings. The molecule has 2 saturated heterocycles. The Hall–Kier alpha value is -1.95. The molecule has 1 aromatic carbocycles. The van der Waals surface area contributed by atoms with Crippen molar-refractivity contribution >= 4 is 27.2 Å². The lowest BCUT2D eigenvalue weighted by Gasteiger charge is -2.26. The summed E-state index contributed by atoms with van der Waals surface area (Å²) in [6, 6.07) is 13.4. The van der Waals surface area contributed by atoms with Gasteiger partial charge >= 0.3 is 0 Å². The molecule has 0 bridgehead atoms. The normalized spacial score (nSPS) is 18.1. The first-order valence-electron chi connectivity index (χ1n) is 12.0. The topological polar surface area (TPSA) is 31.4 Å². The standard InChI is InChI=1S/C26H34N4S/c1-2-13-29(14-3-1)17-6-12-27-25-19-24(28-23-11-18-31-26(23)25)22-9-7-21(8-10-22)20-30-15-4-5-16-30/h7-11,18-19H,1-6,12-17,20H2,(H,27,28). The van der Waals surface area contributed by atoms with Crippen LogP contribution in [0.25, 0.3) is 21.5 Å². The van der Waals surface area contributed by atoms with Crippen LogP contribution in [-0.2, 0) is 6.54 Å². The van der Waals surface area contributed by atoms with Gasteiger partial charge in [-0.2, -0.15) is 0 Å². The number of piperidine rings is 1. The van der Waals surface area contributed by atoms with Crippen molar-refractivity contribution in [2.45, 2.75) is 45.1 Å². The summed E-state index contributed by atoms with van der Waals surface area (Å²) in [5.74, 6) is 0. The predicted octanol–water partition coefficient (Wildman–Crippen LogP) is 5.85. The molecule has 164 valence electrons. The van der Waals surface area contributed by atoms with E-state index in [2.05, 4.69) is 56.9 Å². The molecule has 3 aromatic rings. The summed E-state index contributed by atoms with van der Waals surface area (Å²) >= 11 is 1.78. The van der Waals surface area contributed by atoms with Gasteiger partial charge in [-0.25, -0.2) is 4.98 Å². The van der Waals surface area contributed by atoms with E-state index < -0.39 is 0 Å². The number of benzene rings is 1. The second-order valence-electron chi connectivity index (χ2n) is 9.05. The SMILES string of the molecule is c1cc2nc(-c3ccc(CN4CCCC4)cc3)cc(NCCCN3CCCCC3)c2s1. The Labute approximate surface area is 190 Å². The Bertz CT molecular complexity index is 969. The molecule has 1 N–H and O–H groups in total. The number of hydrogen-bond acceptors (Lipinski definition) is 5. The van der Waals surface area contributed by atoms with Crippen molar-refractivity contribution in [1.29, 1.82) is 0 Å². The number of nitrogens with zero attached hydrogens (tertiary/aromatic N) is 3. The van der Waals surface area contributed by atoms with E-state index in [-0.39, 0.29) is 0 Å². The van der Waals surface area contributed by atoms with Gasteiger partial charge in [0.25, 0.3) is 0 Å². The largest absolute Gasteiger partial charge is 0.384 e. The zero-order valence-electron chi connectivity index (χ0n) is 18.5. The molecule has 2 aromatic heterocycles. The minimum Gasteiger partial charge on any atom is -0.384 e. The monoisotopic (exact) mass is 434 g/mol. The van der Waals surface area contributed by atoms with Gasteiger partial charge in [-0.3, -0.25) is 4.90 Å². The third-order valence-corrected chi connectivity index (χ3v) is 7.62. The smallest absolute Gasteiger partial charge is 0.0838 e. The average molecular weight is 435 g/mol. The van der Waals surface area contributed by atoms with Gasteiger partial charge in [-0.15, -0.1) is 11.3 Å². The summed E-state index contributed by atoms with van der Waals surface area (Å²) in [6.07, 6.45) is 8.02. The van der Waals surface area contributed by atoms with E-state index in [9.17, 15) is 0 Å². The highest BCUT2D eigenvalue weighted by atomic mass is 32.1. The van der Waals surface area contributed by atoms with Gasteiger partial charge in [0, 0.05) is 18.7 Å². The fourth-order valence-electron chi connectivity index (χ4n) is 4.92. The fraction of sp³-hybridized carbons (Fsp3) is 0.500. The third kappa shape index (κ3) is 5.28. The fourth-order valence-corrected chi connectivity index (χ4v) is 5.75. The van der Waals surface area contributed by atoms with Gasteiger partial charge in [0.05, 0.1) is 21.6 Å². The van der Waals surface area contributed by atoms with Gasteiger partial charge < -0.3 is 10.2 Å². The molecule has 0 aliphatic carbocycles. The second-order valence-corrected chi connectivity index (χ2v) is 9.97. The predicted molar refractivity (Wildman–Crippen MR) is 133 cm³/mol. The van der Waals surface area contributed by atoms with Crippen LogP contribution in [0.3, 0.4) is 0 Å². The molecule has 4 heterocycles. The summed E-state index contributed by atoms with van der Waals surface area (Å²) < 4.78 is 1.27. The molecule has 31 heavy (non-hydrogen) atoms. The van der Waals surface area contributed by atoms with Crippen LogP contribution in [0.5, 0.6) is 0 Å². The maximum Gasteiger partial charge on any atom is 0.0838 e. The maximum absolute atomic E-state index is 4.95. The summed E-state index contributed by atoms with van der Waals surface area (Å²) in [7, 11) is 0. The molecule has 4 nitrogen and oxygen atoms in total. The first kappa shape index (κ1) is 20.9. The van der Waals surface area contributed by atoms with Gasteiger partial charge in [-0.05, 0) is 87.9 Å². The molecule has 0 unspecified atom stereocenters. The highest BCUT2D eigenvalue weighted by molar-refractivity contribution is 7.17. The summed E-state index contributed by atoms with van der Waals surface area (Å²) in [6.45, 7) is 8.33. The second kappa shape index (κ2) is 10.1. The van der Waals surface area contributed by atoms with Crippen molar-refractivity contribution in [3.05, 3.63) is 47.3 Å². The number of rotatable bonds is 8. The molecule has 2 aliphatic heterocycles. The van der Waals surface area contributed by atoms with Gasteiger partial charge in [-0.1, -0.05) is 30.7 Å². The zero-order chi connectivity index (χ0) is 20.9. The highest BCUT2D eigenvalue weighted by Gasteiger charge is 2.13. The summed E-state index contributed by atoms with van der Waals surface area (Å²) in [4.78, 5) is 10.1. The van der Waals surface area contributed by atoms with E-state index in [1.807, 2.05) is 0 Å². The minimum atomic E-state index is 1.02. The molecule has 0 spiro atoms. The third-order valence-electron chi connectivity index (χ3n) is 6.68. The van der Waals surface area contributed by atoms with E-state index in [4.69, 9.17) is 4.98 Å². The van der Waals surface area contributed by atoms with Crippen molar-refractivity contribution in [3.8, 4) is 11.3 Å². The number of hydrogen-bond donors (Lipinski definition) is 1. The highest BCUT2D eigenvalue weighted by Crippen LogP contribution is 2.32. The first-order valence-corrected chi connectivity index (χ1v) is 12.9. The van der Waals surface area contributed by atoms with Crippen molar-refractivity contribution < 1.29 is 0 Å². The van der Waals surface area contributed by atoms with Crippen molar-refractivity contribution in [3.63, 3.8) is 0 Å². The van der Waals surface area contributed by atoms with E-state index in [1.165, 1.54) is 92.8 Å². The molecule has 2 fully saturated rings. The maximum atomic E-state index is 4.95. The first-order chi connectivity index (χ1) is 15.3. The molecule has 0 radical (unpaired) electrons. The van der Waals surface area contributed by atoms with Gasteiger partial charge in [0.15, 0.2) is 0 Å². The van der Waals surface area contributed by atoms with Crippen LogP contribution in [0, 0.1) is 0 Å². The number of fused-ring (bicyclic) bond motifs is 1. The number of pyridine rings is 1. The number of thiophene rings is 1. The number of aromatic nitrogens is 1. The van der Waals surface area contributed by atoms with Crippen LogP contribution >= 0.6 is 11.3 Å². The molecule has 5 heteroatoms. The van der Waals surface area contributed by atoms with Crippen molar-refractivity contribution in [2.24, 2.45) is 0 Å². The van der Waals surface area contributed by atoms with E-state index in [1.54, 1.807) is 11.3 Å². The van der Waals surface area contributed by atoms with E-state index in [0.717, 1.165) is 24.3 Å². The van der Waals surface area contributed by atoms with Crippen LogP contribution in [-0.4, -0.2) is 54.1 Å². The molecule has 0 amide bonds. The molecule has 0 atom stereocenters. The molecular weight excluding hydrogens is 400 g/mol. The molecule has 0 saturated carbocycles. The van der Waals surface area contributed by atoms with E-state index >= 15 is 0 Å². The quantitative estimate of drug-likeness (QED) is 0.451. The minimum absolute atomic E-state index is 1.02. The lowest BCUT2D eigenvalue weighted by Crippen LogP contribution is -2.31. The molecule has 5 rings (SSSR count). The van der Waals surface area contributed by atoms with Crippen molar-refractivity contribution in [1.82, 2.24) is 14.8 Å². The Morgan fingerprint density at radius 3 is 2.42 bits per heavy atom. The van der Waals surface area contributed by atoms with Crippen LogP contribution in [0.1, 0.15) is 44.1 Å². The summed E-state index contributed by atoms with van der Waals surface area (Å²) in [5.41, 5.74) is 6.00. The Morgan fingerprint density at radius 2 is 1.61 bits per heavy atom. The van der Waals surface area contributed by atoms with Crippen molar-refractivity contribution in [2.75, 3.05) is 44.6 Å². The van der Waals surface area contributed by atoms with E-state index in [0.29, 0.717) is 0 Å². The Morgan fingerprint density at radius 1 is 0.871 bits per heavy atom. The number of likely N-dealkylation sites (tertiary alicyclic amines) is 2. The van der Waals surface area contributed by atoms with Gasteiger partial charge in [0.1, 0.15) is 0 Å². The zero-order valence-corrected chi connectivity index (χ0v) is 19.3. The Balaban J connectivity index is 1.25. The van der Waals surface area contributed by atoms with Gasteiger partial charge in [0.2, 0.25) is 0 Å². The van der Waals surface area contributed by atoms with Crippen LogP contribution in [0.15, 0.2) is 41.8 Å². The lowest BCUT2D eigenvalue weighted by molar-refractivity contribution is 0.228. The number of nitrogens with one attached hydrogen (secondary N) is 1. The molecular formula is C26H34N4S. The average Bonchev–Trinajstić information content (AvgIpc) is 3.50. The lowest BCUT2D eigenvalue weighted by atomic mass is 10.1. The summed E-state index contributed by atoms with van der Waals surface area (Å²) in [5, 5.41) is 5.87. The van der Waals surface area contributed by atoms with Crippen LogP contribution < -0.4 is 5.32 Å². The van der Waals surface area contributed by atoms with Crippen LogP contribution in [0.2, 0.25) is 0 Å². The number of anilines is 1. The van der Waals surface area contributed by atoms with Crippen LogP contribution in [0.4, 0.5) is 5.69 Å². The Kier molecular flexibility index (Phi) is 6.83.